The van der Waals surface area contributed by atoms with Gasteiger partial charge < -0.3 is 11.1 Å². The molecule has 0 aliphatic heterocycles. The lowest BCUT2D eigenvalue weighted by Crippen LogP contribution is -2.29. The number of hydrogen-bond donors (Lipinski definition) is 3. The first-order valence-electron chi connectivity index (χ1n) is 4.57. The number of nitrogens with zero attached hydrogens (tertiary/aromatic N) is 1. The van der Waals surface area contributed by atoms with Crippen molar-refractivity contribution >= 4 is 21.6 Å². The highest BCUT2D eigenvalue weighted by atomic mass is 32.2. The molecule has 0 radical (unpaired) electrons. The number of aromatic amines is 1. The van der Waals surface area contributed by atoms with E-state index in [4.69, 9.17) is 5.73 Å². The number of rotatable bonds is 4. The third kappa shape index (κ3) is 3.23. The van der Waals surface area contributed by atoms with E-state index in [0.29, 0.717) is 5.69 Å². The fourth-order valence-corrected chi connectivity index (χ4v) is 1.65. The van der Waals surface area contributed by atoms with Crippen molar-refractivity contribution in [3.63, 3.8) is 0 Å². The van der Waals surface area contributed by atoms with Crippen molar-refractivity contribution in [3.05, 3.63) is 11.3 Å². The van der Waals surface area contributed by atoms with Crippen LogP contribution in [0.25, 0.3) is 0 Å². The first kappa shape index (κ1) is 12.5. The number of nitrogen functional groups attached to an aromatic ring is 1. The van der Waals surface area contributed by atoms with Crippen molar-refractivity contribution in [2.45, 2.75) is 6.92 Å². The largest absolute Gasteiger partial charge is 0.382 e. The van der Waals surface area contributed by atoms with Gasteiger partial charge in [0.25, 0.3) is 5.91 Å². The molecule has 0 aliphatic rings. The summed E-state index contributed by atoms with van der Waals surface area (Å²) in [6.07, 6.45) is 1.11. The molecule has 1 aromatic heterocycles. The molecular formula is C8H14N4O3S. The predicted octanol–water partition coefficient (Wildman–Crippen LogP) is -0.925. The smallest absolute Gasteiger partial charge is 0.256 e. The Morgan fingerprint density at radius 2 is 2.19 bits per heavy atom. The molecular weight excluding hydrogens is 232 g/mol. The summed E-state index contributed by atoms with van der Waals surface area (Å²) in [5, 5.41) is 8.70. The van der Waals surface area contributed by atoms with E-state index in [9.17, 15) is 13.2 Å². The lowest BCUT2D eigenvalue weighted by atomic mass is 10.2. The van der Waals surface area contributed by atoms with E-state index in [1.54, 1.807) is 6.92 Å². The molecule has 0 aliphatic carbocycles. The summed E-state index contributed by atoms with van der Waals surface area (Å²) in [6.45, 7) is 1.72. The van der Waals surface area contributed by atoms with Gasteiger partial charge in [-0.3, -0.25) is 9.89 Å². The molecule has 0 atom stereocenters. The molecule has 7 nitrogen and oxygen atoms in total. The Morgan fingerprint density at radius 1 is 1.56 bits per heavy atom. The van der Waals surface area contributed by atoms with Crippen molar-refractivity contribution in [2.75, 3.05) is 24.3 Å². The average Bonchev–Trinajstić information content (AvgIpc) is 2.43. The molecule has 0 bridgehead atoms. The van der Waals surface area contributed by atoms with Crippen LogP contribution >= 0.6 is 0 Å². The highest BCUT2D eigenvalue weighted by Crippen LogP contribution is 2.11. The van der Waals surface area contributed by atoms with Crippen LogP contribution < -0.4 is 11.1 Å². The molecule has 1 amide bonds. The summed E-state index contributed by atoms with van der Waals surface area (Å²) in [5.74, 6) is -0.419. The lowest BCUT2D eigenvalue weighted by Gasteiger charge is -2.03. The monoisotopic (exact) mass is 246 g/mol. The Balaban J connectivity index is 2.61. The molecule has 90 valence electrons. The van der Waals surface area contributed by atoms with E-state index < -0.39 is 15.7 Å². The number of nitrogens with two attached hydrogens (primary N) is 1. The second-order valence-corrected chi connectivity index (χ2v) is 5.75. The number of amides is 1. The van der Waals surface area contributed by atoms with Gasteiger partial charge in [0.05, 0.1) is 5.75 Å². The highest BCUT2D eigenvalue weighted by Gasteiger charge is 2.15. The number of aromatic nitrogens is 2. The molecule has 0 aromatic carbocycles. The van der Waals surface area contributed by atoms with Crippen LogP contribution in [0.5, 0.6) is 0 Å². The normalized spacial score (nSPS) is 11.4. The molecule has 0 spiro atoms. The Kier molecular flexibility index (Phi) is 3.53. The molecule has 0 fully saturated rings. The SMILES string of the molecule is Cc1[nH]nc(N)c1C(=O)NCCS(C)(=O)=O. The maximum Gasteiger partial charge on any atom is 0.256 e. The first-order valence-corrected chi connectivity index (χ1v) is 6.63. The van der Waals surface area contributed by atoms with E-state index >= 15 is 0 Å². The molecule has 16 heavy (non-hydrogen) atoms. The van der Waals surface area contributed by atoms with Gasteiger partial charge in [-0.2, -0.15) is 5.10 Å². The lowest BCUT2D eigenvalue weighted by molar-refractivity contribution is 0.0956. The summed E-state index contributed by atoms with van der Waals surface area (Å²) >= 11 is 0. The number of hydrogen-bond acceptors (Lipinski definition) is 5. The quantitative estimate of drug-likeness (QED) is 0.634. The number of aryl methyl sites for hydroxylation is 1. The minimum absolute atomic E-state index is 0.0573. The van der Waals surface area contributed by atoms with Gasteiger partial charge in [0.2, 0.25) is 0 Å². The minimum Gasteiger partial charge on any atom is -0.382 e. The van der Waals surface area contributed by atoms with Crippen molar-refractivity contribution in [1.29, 1.82) is 0 Å². The Hall–Kier alpha value is -1.57. The van der Waals surface area contributed by atoms with Crippen molar-refractivity contribution in [3.8, 4) is 0 Å². The standard InChI is InChI=1S/C8H14N4O3S/c1-5-6(7(9)12-11-5)8(13)10-3-4-16(2,14)15/h3-4H2,1-2H3,(H,10,13)(H3,9,11,12). The Morgan fingerprint density at radius 3 is 2.62 bits per heavy atom. The summed E-state index contributed by atoms with van der Waals surface area (Å²) in [7, 11) is -3.08. The second-order valence-electron chi connectivity index (χ2n) is 3.49. The molecule has 1 rings (SSSR count). The van der Waals surface area contributed by atoms with Gasteiger partial charge in [0.15, 0.2) is 5.82 Å². The second kappa shape index (κ2) is 4.52. The van der Waals surface area contributed by atoms with Crippen LogP contribution in [-0.4, -0.2) is 43.1 Å². The third-order valence-corrected chi connectivity index (χ3v) is 2.91. The number of nitrogens with one attached hydrogen (secondary N) is 2. The molecule has 1 aromatic rings. The number of carbonyl (C=O) groups excluding carboxylic acids is 1. The molecule has 0 saturated carbocycles. The zero-order valence-corrected chi connectivity index (χ0v) is 9.89. The van der Waals surface area contributed by atoms with E-state index in [2.05, 4.69) is 15.5 Å². The predicted molar refractivity (Wildman–Crippen MR) is 59.8 cm³/mol. The molecule has 0 unspecified atom stereocenters. The maximum absolute atomic E-state index is 11.6. The third-order valence-electron chi connectivity index (χ3n) is 1.96. The highest BCUT2D eigenvalue weighted by molar-refractivity contribution is 7.90. The topological polar surface area (TPSA) is 118 Å². The molecule has 1 heterocycles. The van der Waals surface area contributed by atoms with Gasteiger partial charge in [-0.15, -0.1) is 0 Å². The van der Waals surface area contributed by atoms with E-state index in [0.717, 1.165) is 6.26 Å². The first-order chi connectivity index (χ1) is 7.31. The summed E-state index contributed by atoms with van der Waals surface area (Å²) in [4.78, 5) is 11.6. The van der Waals surface area contributed by atoms with Crippen LogP contribution in [0.2, 0.25) is 0 Å². The summed E-state index contributed by atoms with van der Waals surface area (Å²) in [6, 6.07) is 0. The maximum atomic E-state index is 11.6. The average molecular weight is 246 g/mol. The minimum atomic E-state index is -3.08. The van der Waals surface area contributed by atoms with Gasteiger partial charge in [-0.25, -0.2) is 8.42 Å². The summed E-state index contributed by atoms with van der Waals surface area (Å²) in [5.41, 5.74) is 6.29. The van der Waals surface area contributed by atoms with Crippen LogP contribution in [0.4, 0.5) is 5.82 Å². The van der Waals surface area contributed by atoms with Gasteiger partial charge in [-0.05, 0) is 6.92 Å². The summed E-state index contributed by atoms with van der Waals surface area (Å²) < 4.78 is 21.7. The van der Waals surface area contributed by atoms with E-state index in [1.165, 1.54) is 0 Å². The van der Waals surface area contributed by atoms with E-state index in [1.807, 2.05) is 0 Å². The van der Waals surface area contributed by atoms with Crippen molar-refractivity contribution in [2.24, 2.45) is 0 Å². The van der Waals surface area contributed by atoms with Crippen LogP contribution in [-0.2, 0) is 9.84 Å². The Labute approximate surface area is 93.3 Å². The van der Waals surface area contributed by atoms with Crippen molar-refractivity contribution < 1.29 is 13.2 Å². The molecule has 0 saturated heterocycles. The van der Waals surface area contributed by atoms with Crippen LogP contribution in [0, 0.1) is 6.92 Å². The number of carbonyl (C=O) groups is 1. The number of H-pyrrole nitrogens is 1. The number of sulfone groups is 1. The zero-order valence-electron chi connectivity index (χ0n) is 9.07. The Bertz CT molecular complexity index is 472. The number of anilines is 1. The van der Waals surface area contributed by atoms with Gasteiger partial charge >= 0.3 is 0 Å². The fourth-order valence-electron chi connectivity index (χ4n) is 1.17. The van der Waals surface area contributed by atoms with Crippen LogP contribution in [0.15, 0.2) is 0 Å². The van der Waals surface area contributed by atoms with Crippen LogP contribution in [0.3, 0.4) is 0 Å². The van der Waals surface area contributed by atoms with Crippen LogP contribution in [0.1, 0.15) is 16.1 Å². The van der Waals surface area contributed by atoms with Gasteiger partial charge in [0.1, 0.15) is 15.4 Å². The van der Waals surface area contributed by atoms with E-state index in [-0.39, 0.29) is 23.7 Å². The van der Waals surface area contributed by atoms with Crippen molar-refractivity contribution in [1.82, 2.24) is 15.5 Å². The molecule has 4 N–H and O–H groups in total. The van der Waals surface area contributed by atoms with Gasteiger partial charge in [0, 0.05) is 18.5 Å². The zero-order chi connectivity index (χ0) is 12.3. The van der Waals surface area contributed by atoms with Gasteiger partial charge in [-0.1, -0.05) is 0 Å². The fraction of sp³-hybridized carbons (Fsp3) is 0.500. The molecule has 8 heteroatoms.